The molecule has 2 atom stereocenters. The van der Waals surface area contributed by atoms with E-state index >= 15 is 0 Å². The molecule has 0 heterocycles. The maximum absolute atomic E-state index is 11.0. The summed E-state index contributed by atoms with van der Waals surface area (Å²) in [6.07, 6.45) is 13.7. The molecule has 0 amide bonds. The molecule has 0 saturated carbocycles. The van der Waals surface area contributed by atoms with Crippen molar-refractivity contribution in [2.75, 3.05) is 0 Å². The third-order valence-corrected chi connectivity index (χ3v) is 5.95. The summed E-state index contributed by atoms with van der Waals surface area (Å²) in [4.78, 5) is 0. The van der Waals surface area contributed by atoms with E-state index in [9.17, 15) is 18.1 Å². The summed E-state index contributed by atoms with van der Waals surface area (Å²) in [5.74, 6) is 0. The van der Waals surface area contributed by atoms with Crippen LogP contribution in [0.25, 0.3) is 0 Å². The van der Waals surface area contributed by atoms with Gasteiger partial charge in [0.15, 0.2) is 0 Å². The topological polar surface area (TPSA) is 77.4 Å². The minimum atomic E-state index is -4.13. The van der Waals surface area contributed by atoms with Crippen LogP contribution in [-0.2, 0) is 10.1 Å². The Kier molecular flexibility index (Phi) is 20.7. The zero-order valence-electron chi connectivity index (χ0n) is 16.1. The van der Waals surface area contributed by atoms with Crippen LogP contribution in [0.15, 0.2) is 0 Å². The van der Waals surface area contributed by atoms with Gasteiger partial charge in [-0.15, -0.1) is 0 Å². The van der Waals surface area contributed by atoms with Crippen LogP contribution < -0.4 is 51.4 Å². The average Bonchev–Trinajstić information content (AvgIpc) is 2.48. The molecule has 0 rings (SSSR count). The summed E-state index contributed by atoms with van der Waals surface area (Å²) in [7, 11) is -4.13. The van der Waals surface area contributed by atoms with Crippen LogP contribution in [0, 0.1) is 0 Å². The number of hydrogen-bond donors (Lipinski definition) is 1. The predicted molar refractivity (Wildman–Crippen MR) is 95.5 cm³/mol. The van der Waals surface area contributed by atoms with E-state index in [1.54, 1.807) is 6.92 Å². The van der Waals surface area contributed by atoms with Crippen LogP contribution in [0.3, 0.4) is 0 Å². The minimum Gasteiger partial charge on any atom is -0.748 e. The second-order valence-corrected chi connectivity index (χ2v) is 8.38. The molecule has 0 aliphatic carbocycles. The van der Waals surface area contributed by atoms with Crippen LogP contribution >= 0.6 is 0 Å². The summed E-state index contributed by atoms with van der Waals surface area (Å²) in [6.45, 7) is 3.96. The molecule has 24 heavy (non-hydrogen) atoms. The Morgan fingerprint density at radius 1 is 0.792 bits per heavy atom. The Morgan fingerprint density at radius 2 is 1.21 bits per heavy atom. The molecule has 0 aliphatic rings. The maximum Gasteiger partial charge on any atom is 1.00 e. The molecule has 0 spiro atoms. The molecule has 0 saturated heterocycles. The Balaban J connectivity index is 0. The first-order chi connectivity index (χ1) is 10.9. The van der Waals surface area contributed by atoms with Gasteiger partial charge in [0.05, 0.1) is 16.2 Å². The first kappa shape index (κ1) is 27.7. The van der Waals surface area contributed by atoms with Crippen molar-refractivity contribution in [1.29, 1.82) is 0 Å². The monoisotopic (exact) mass is 388 g/mol. The van der Waals surface area contributed by atoms with E-state index in [0.717, 1.165) is 44.9 Å². The molecule has 0 radical (unpaired) electrons. The van der Waals surface area contributed by atoms with Crippen molar-refractivity contribution in [2.45, 2.75) is 115 Å². The standard InChI is InChI=1S/C18H38O4S.K/c1-3-5-6-7-8-11-14-17(19)15-12-9-10-13-16-18(4-2)23(20,21)22;/h17-19H,3-16H2,1-2H3,(H,20,21,22);/q;+1/p-1. The van der Waals surface area contributed by atoms with Gasteiger partial charge in [-0.2, -0.15) is 0 Å². The SMILES string of the molecule is CCCCCCCCC(O)CCCCCCC(CC)S(=O)(=O)[O-].[K+]. The fourth-order valence-electron chi connectivity index (χ4n) is 2.96. The normalized spacial score (nSPS) is 14.2. The third kappa shape index (κ3) is 16.9. The van der Waals surface area contributed by atoms with E-state index in [2.05, 4.69) is 6.92 Å². The van der Waals surface area contributed by atoms with Crippen LogP contribution in [0.5, 0.6) is 0 Å². The molecule has 0 bridgehead atoms. The van der Waals surface area contributed by atoms with Crippen LogP contribution in [-0.4, -0.2) is 29.4 Å². The summed E-state index contributed by atoms with van der Waals surface area (Å²) in [5, 5.41) is 9.20. The fraction of sp³-hybridized carbons (Fsp3) is 1.00. The van der Waals surface area contributed by atoms with Crippen molar-refractivity contribution in [1.82, 2.24) is 0 Å². The van der Waals surface area contributed by atoms with Gasteiger partial charge in [0, 0.05) is 5.25 Å². The smallest absolute Gasteiger partial charge is 0.748 e. The number of unbranched alkanes of at least 4 members (excludes halogenated alkanes) is 8. The molecular formula is C18H37KO4S. The zero-order chi connectivity index (χ0) is 17.6. The zero-order valence-corrected chi connectivity index (χ0v) is 20.1. The van der Waals surface area contributed by atoms with Gasteiger partial charge in [-0.1, -0.05) is 78.1 Å². The molecule has 6 heteroatoms. The van der Waals surface area contributed by atoms with Gasteiger partial charge >= 0.3 is 51.4 Å². The molecule has 2 unspecified atom stereocenters. The molecule has 1 N–H and O–H groups in total. The molecule has 0 aromatic heterocycles. The van der Waals surface area contributed by atoms with Crippen molar-refractivity contribution in [3.05, 3.63) is 0 Å². The Bertz CT molecular complexity index is 360. The number of rotatable bonds is 16. The van der Waals surface area contributed by atoms with E-state index < -0.39 is 15.4 Å². The van der Waals surface area contributed by atoms with Crippen LogP contribution in [0.1, 0.15) is 104 Å². The molecule has 0 fully saturated rings. The Hall–Kier alpha value is 1.51. The van der Waals surface area contributed by atoms with Crippen LogP contribution in [0.4, 0.5) is 0 Å². The summed E-state index contributed by atoms with van der Waals surface area (Å²) in [6, 6.07) is 0. The second-order valence-electron chi connectivity index (χ2n) is 6.72. The van der Waals surface area contributed by atoms with Gasteiger partial charge in [-0.05, 0) is 25.7 Å². The molecule has 4 nitrogen and oxygen atoms in total. The number of aliphatic hydroxyl groups is 1. The van der Waals surface area contributed by atoms with Gasteiger partial charge < -0.3 is 9.66 Å². The summed E-state index contributed by atoms with van der Waals surface area (Å²) in [5.41, 5.74) is 0. The van der Waals surface area contributed by atoms with Gasteiger partial charge in [-0.25, -0.2) is 8.42 Å². The molecule has 140 valence electrons. The largest absolute Gasteiger partial charge is 1.00 e. The Morgan fingerprint density at radius 3 is 1.62 bits per heavy atom. The second kappa shape index (κ2) is 17.9. The Labute approximate surface area is 192 Å². The van der Waals surface area contributed by atoms with Crippen molar-refractivity contribution in [3.8, 4) is 0 Å². The molecular weight excluding hydrogens is 351 g/mol. The van der Waals surface area contributed by atoms with E-state index in [0.29, 0.717) is 12.8 Å². The summed E-state index contributed by atoms with van der Waals surface area (Å²) < 4.78 is 32.9. The van der Waals surface area contributed by atoms with Crippen LogP contribution in [0.2, 0.25) is 0 Å². The first-order valence-electron chi connectivity index (χ1n) is 9.54. The molecule has 0 aliphatic heterocycles. The van der Waals surface area contributed by atoms with Gasteiger partial charge in [0.2, 0.25) is 0 Å². The fourth-order valence-corrected chi connectivity index (χ4v) is 3.83. The number of aliphatic hydroxyl groups excluding tert-OH is 1. The minimum absolute atomic E-state index is 0. The quantitative estimate of drug-likeness (QED) is 0.248. The third-order valence-electron chi connectivity index (χ3n) is 4.57. The molecule has 0 aromatic rings. The van der Waals surface area contributed by atoms with Crippen molar-refractivity contribution in [2.24, 2.45) is 0 Å². The van der Waals surface area contributed by atoms with Gasteiger partial charge in [0.1, 0.15) is 0 Å². The van der Waals surface area contributed by atoms with Gasteiger partial charge in [-0.3, -0.25) is 0 Å². The molecule has 0 aromatic carbocycles. The maximum atomic E-state index is 11.0. The van der Waals surface area contributed by atoms with Crippen molar-refractivity contribution >= 4 is 10.1 Å². The number of hydrogen-bond acceptors (Lipinski definition) is 4. The summed E-state index contributed by atoms with van der Waals surface area (Å²) >= 11 is 0. The van der Waals surface area contributed by atoms with E-state index in [-0.39, 0.29) is 57.5 Å². The van der Waals surface area contributed by atoms with E-state index in [1.165, 1.54) is 32.1 Å². The van der Waals surface area contributed by atoms with E-state index in [1.807, 2.05) is 0 Å². The predicted octanol–water partition coefficient (Wildman–Crippen LogP) is 1.77. The van der Waals surface area contributed by atoms with Gasteiger partial charge in [0.25, 0.3) is 0 Å². The van der Waals surface area contributed by atoms with Crippen molar-refractivity contribution in [3.63, 3.8) is 0 Å². The average molecular weight is 389 g/mol. The van der Waals surface area contributed by atoms with Crippen molar-refractivity contribution < 1.29 is 69.5 Å². The first-order valence-corrected chi connectivity index (χ1v) is 11.0. The van der Waals surface area contributed by atoms with E-state index in [4.69, 9.17) is 0 Å².